The number of halogens is 3. The van der Waals surface area contributed by atoms with Crippen LogP contribution in [0.2, 0.25) is 0 Å². The van der Waals surface area contributed by atoms with E-state index in [2.05, 4.69) is 15.9 Å². The molecule has 0 amide bonds. The first-order valence-electron chi connectivity index (χ1n) is 3.21. The van der Waals surface area contributed by atoms with Gasteiger partial charge in [-0.15, -0.1) is 0 Å². The van der Waals surface area contributed by atoms with Gasteiger partial charge in [0.15, 0.2) is 6.10 Å². The molecule has 0 fully saturated rings. The first kappa shape index (κ1) is 9.67. The van der Waals surface area contributed by atoms with Crippen molar-refractivity contribution in [1.82, 2.24) is 0 Å². The van der Waals surface area contributed by atoms with Crippen LogP contribution in [0.1, 0.15) is 17.4 Å². The highest BCUT2D eigenvalue weighted by molar-refractivity contribution is 9.10. The van der Waals surface area contributed by atoms with E-state index in [0.717, 1.165) is 0 Å². The SMILES string of the molecule is Cc1ccoc1C(O)C(F)(F)Br. The molecule has 1 unspecified atom stereocenters. The maximum Gasteiger partial charge on any atom is 0.333 e. The van der Waals surface area contributed by atoms with E-state index in [1.54, 1.807) is 6.92 Å². The van der Waals surface area contributed by atoms with Crippen molar-refractivity contribution in [3.05, 3.63) is 23.7 Å². The van der Waals surface area contributed by atoms with Gasteiger partial charge >= 0.3 is 4.83 Å². The second-order valence-corrected chi connectivity index (χ2v) is 3.47. The molecule has 0 aliphatic heterocycles. The Hall–Kier alpha value is -0.420. The number of rotatable bonds is 2. The summed E-state index contributed by atoms with van der Waals surface area (Å²) in [4.78, 5) is -3.35. The fourth-order valence-electron chi connectivity index (χ4n) is 0.813. The maximum atomic E-state index is 12.5. The van der Waals surface area contributed by atoms with Crippen LogP contribution in [0.15, 0.2) is 16.7 Å². The van der Waals surface area contributed by atoms with Crippen LogP contribution in [0, 0.1) is 6.92 Å². The van der Waals surface area contributed by atoms with E-state index in [-0.39, 0.29) is 5.76 Å². The quantitative estimate of drug-likeness (QED) is 0.807. The fourth-order valence-corrected chi connectivity index (χ4v) is 1.02. The number of hydrogen-bond acceptors (Lipinski definition) is 2. The molecule has 1 heterocycles. The number of hydrogen-bond donors (Lipinski definition) is 1. The van der Waals surface area contributed by atoms with Crippen molar-refractivity contribution in [2.75, 3.05) is 0 Å². The van der Waals surface area contributed by atoms with Crippen molar-refractivity contribution in [2.45, 2.75) is 17.9 Å². The minimum Gasteiger partial charge on any atom is -0.466 e. The van der Waals surface area contributed by atoms with Crippen LogP contribution in [0.5, 0.6) is 0 Å². The number of aliphatic hydroxyl groups is 1. The standard InChI is InChI=1S/C7H7BrF2O2/c1-4-2-3-12-5(4)6(11)7(8,9)10/h2-3,6,11H,1H3. The van der Waals surface area contributed by atoms with E-state index in [0.29, 0.717) is 5.56 Å². The Balaban J connectivity index is 2.92. The molecule has 1 N–H and O–H groups in total. The molecule has 2 nitrogen and oxygen atoms in total. The summed E-state index contributed by atoms with van der Waals surface area (Å²) in [5.41, 5.74) is 0.502. The predicted octanol–water partition coefficient (Wildman–Crippen LogP) is 2.61. The molecule has 0 radical (unpaired) electrons. The van der Waals surface area contributed by atoms with Crippen LogP contribution in [0.4, 0.5) is 8.78 Å². The van der Waals surface area contributed by atoms with Gasteiger partial charge in [0.2, 0.25) is 0 Å². The lowest BCUT2D eigenvalue weighted by atomic mass is 10.2. The zero-order chi connectivity index (χ0) is 9.35. The largest absolute Gasteiger partial charge is 0.466 e. The lowest BCUT2D eigenvalue weighted by Crippen LogP contribution is -2.18. The highest BCUT2D eigenvalue weighted by Crippen LogP contribution is 2.37. The van der Waals surface area contributed by atoms with Crippen molar-refractivity contribution in [3.8, 4) is 0 Å². The van der Waals surface area contributed by atoms with Crippen LogP contribution in [0.25, 0.3) is 0 Å². The number of furan rings is 1. The molecule has 0 saturated heterocycles. The van der Waals surface area contributed by atoms with Crippen LogP contribution in [-0.2, 0) is 0 Å². The molecule has 0 bridgehead atoms. The molecule has 5 heteroatoms. The average molecular weight is 241 g/mol. The van der Waals surface area contributed by atoms with Crippen LogP contribution in [0.3, 0.4) is 0 Å². The Morgan fingerprint density at radius 2 is 2.25 bits per heavy atom. The van der Waals surface area contributed by atoms with Gasteiger partial charge < -0.3 is 9.52 Å². The Bertz CT molecular complexity index is 267. The van der Waals surface area contributed by atoms with E-state index < -0.39 is 10.9 Å². The molecule has 1 rings (SSSR count). The summed E-state index contributed by atoms with van der Waals surface area (Å²) in [6.45, 7) is 1.58. The molecular formula is C7H7BrF2O2. The van der Waals surface area contributed by atoms with E-state index in [4.69, 9.17) is 9.52 Å². The Kier molecular flexibility index (Phi) is 2.53. The van der Waals surface area contributed by atoms with Crippen molar-refractivity contribution in [3.63, 3.8) is 0 Å². The summed E-state index contributed by atoms with van der Waals surface area (Å²) < 4.78 is 29.6. The summed E-state index contributed by atoms with van der Waals surface area (Å²) in [5, 5.41) is 9.04. The van der Waals surface area contributed by atoms with Crippen LogP contribution < -0.4 is 0 Å². The van der Waals surface area contributed by atoms with Crippen molar-refractivity contribution >= 4 is 15.9 Å². The molecule has 1 atom stereocenters. The van der Waals surface area contributed by atoms with Crippen molar-refractivity contribution in [2.24, 2.45) is 0 Å². The average Bonchev–Trinajstić information content (AvgIpc) is 2.31. The smallest absolute Gasteiger partial charge is 0.333 e. The molecular weight excluding hydrogens is 234 g/mol. The van der Waals surface area contributed by atoms with Crippen LogP contribution >= 0.6 is 15.9 Å². The summed E-state index contributed by atoms with van der Waals surface area (Å²) in [7, 11) is 0. The van der Waals surface area contributed by atoms with Crippen molar-refractivity contribution < 1.29 is 18.3 Å². The van der Waals surface area contributed by atoms with Gasteiger partial charge in [-0.1, -0.05) is 0 Å². The van der Waals surface area contributed by atoms with Gasteiger partial charge in [-0.2, -0.15) is 8.78 Å². The predicted molar refractivity (Wildman–Crippen MR) is 42.3 cm³/mol. The Morgan fingerprint density at radius 1 is 1.67 bits per heavy atom. The third-order valence-electron chi connectivity index (χ3n) is 1.46. The summed E-state index contributed by atoms with van der Waals surface area (Å²) in [5.74, 6) is -0.114. The zero-order valence-corrected chi connectivity index (χ0v) is 7.81. The molecule has 0 spiro atoms. The monoisotopic (exact) mass is 240 g/mol. The molecule has 0 aliphatic carbocycles. The van der Waals surface area contributed by atoms with Crippen molar-refractivity contribution in [1.29, 1.82) is 0 Å². The number of alkyl halides is 3. The molecule has 1 aromatic rings. The number of aryl methyl sites for hydroxylation is 1. The van der Waals surface area contributed by atoms with Gasteiger partial charge in [0.25, 0.3) is 0 Å². The lowest BCUT2D eigenvalue weighted by Gasteiger charge is -2.14. The summed E-state index contributed by atoms with van der Waals surface area (Å²) in [6, 6.07) is 1.51. The highest BCUT2D eigenvalue weighted by Gasteiger charge is 2.38. The van der Waals surface area contributed by atoms with Gasteiger partial charge in [-0.25, -0.2) is 0 Å². The number of aliphatic hydroxyl groups excluding tert-OH is 1. The van der Waals surface area contributed by atoms with E-state index in [1.807, 2.05) is 0 Å². The lowest BCUT2D eigenvalue weighted by molar-refractivity contribution is -0.0406. The van der Waals surface area contributed by atoms with E-state index in [9.17, 15) is 8.78 Å². The minimum absolute atomic E-state index is 0.114. The molecule has 68 valence electrons. The normalized spacial score (nSPS) is 14.8. The first-order valence-corrected chi connectivity index (χ1v) is 4.01. The molecule has 1 aromatic heterocycles. The van der Waals surface area contributed by atoms with E-state index >= 15 is 0 Å². The minimum atomic E-state index is -3.35. The maximum absolute atomic E-state index is 12.5. The third-order valence-corrected chi connectivity index (χ3v) is 1.89. The first-order chi connectivity index (χ1) is 5.43. The topological polar surface area (TPSA) is 33.4 Å². The van der Waals surface area contributed by atoms with Crippen LogP contribution in [-0.4, -0.2) is 9.94 Å². The second-order valence-electron chi connectivity index (χ2n) is 2.41. The molecule has 0 aliphatic rings. The highest BCUT2D eigenvalue weighted by atomic mass is 79.9. The Morgan fingerprint density at radius 3 is 2.58 bits per heavy atom. The van der Waals surface area contributed by atoms with Gasteiger partial charge in [0, 0.05) is 0 Å². The zero-order valence-electron chi connectivity index (χ0n) is 6.22. The van der Waals surface area contributed by atoms with E-state index in [1.165, 1.54) is 12.3 Å². The van der Waals surface area contributed by atoms with Gasteiger partial charge in [0.1, 0.15) is 5.76 Å². The molecule has 0 aromatic carbocycles. The van der Waals surface area contributed by atoms with Gasteiger partial charge in [-0.3, -0.25) is 0 Å². The van der Waals surface area contributed by atoms with Gasteiger partial charge in [0.05, 0.1) is 6.26 Å². The molecule has 12 heavy (non-hydrogen) atoms. The van der Waals surface area contributed by atoms with Gasteiger partial charge in [-0.05, 0) is 34.5 Å². The molecule has 0 saturated carbocycles. The second kappa shape index (κ2) is 3.14. The Labute approximate surface area is 76.3 Å². The summed E-state index contributed by atoms with van der Waals surface area (Å²) >= 11 is 2.06. The summed E-state index contributed by atoms with van der Waals surface area (Å²) in [6.07, 6.45) is -0.681. The fraction of sp³-hybridized carbons (Fsp3) is 0.429. The third kappa shape index (κ3) is 1.84.